The Labute approximate surface area is 141 Å². The van der Waals surface area contributed by atoms with Crippen LogP contribution in [0.5, 0.6) is 0 Å². The first-order valence-corrected chi connectivity index (χ1v) is 8.56. The van der Waals surface area contributed by atoms with Crippen molar-refractivity contribution in [3.8, 4) is 0 Å². The van der Waals surface area contributed by atoms with Gasteiger partial charge in [0.15, 0.2) is 0 Å². The molecule has 24 heavy (non-hydrogen) atoms. The van der Waals surface area contributed by atoms with Crippen LogP contribution in [0, 0.1) is 0 Å². The van der Waals surface area contributed by atoms with E-state index in [0.717, 1.165) is 36.8 Å². The van der Waals surface area contributed by atoms with E-state index in [0.29, 0.717) is 11.3 Å². The topological polar surface area (TPSA) is 30.2 Å². The zero-order valence-corrected chi connectivity index (χ0v) is 13.6. The predicted molar refractivity (Wildman–Crippen MR) is 97.4 cm³/mol. The van der Waals surface area contributed by atoms with Gasteiger partial charge in [-0.15, -0.1) is 0 Å². The molecule has 0 spiro atoms. The van der Waals surface area contributed by atoms with E-state index in [4.69, 9.17) is 4.42 Å². The zero-order valence-electron chi connectivity index (χ0n) is 13.6. The Morgan fingerprint density at radius 2 is 1.54 bits per heavy atom. The quantitative estimate of drug-likeness (QED) is 0.619. The summed E-state index contributed by atoms with van der Waals surface area (Å²) in [5, 5.41) is 1.73. The minimum Gasteiger partial charge on any atom is -0.427 e. The van der Waals surface area contributed by atoms with Crippen LogP contribution in [0.3, 0.4) is 0 Å². The molecule has 120 valence electrons. The summed E-state index contributed by atoms with van der Waals surface area (Å²) in [6.07, 6.45) is 8.38. The molecule has 1 aliphatic carbocycles. The minimum atomic E-state index is -0.204. The first kappa shape index (κ1) is 14.9. The van der Waals surface area contributed by atoms with Gasteiger partial charge in [0.25, 0.3) is 0 Å². The molecule has 0 bridgehead atoms. The van der Waals surface area contributed by atoms with Crippen molar-refractivity contribution >= 4 is 10.8 Å². The van der Waals surface area contributed by atoms with Crippen molar-refractivity contribution in [3.05, 3.63) is 94.1 Å². The van der Waals surface area contributed by atoms with E-state index in [2.05, 4.69) is 36.4 Å². The van der Waals surface area contributed by atoms with Crippen LogP contribution in [-0.4, -0.2) is 0 Å². The number of fused-ring (bicyclic) bond motifs is 1. The van der Waals surface area contributed by atoms with Crippen molar-refractivity contribution in [2.45, 2.75) is 31.6 Å². The molecule has 1 aliphatic rings. The van der Waals surface area contributed by atoms with Crippen LogP contribution in [0.25, 0.3) is 10.8 Å². The number of allylic oxidation sites excluding steroid dienone is 2. The van der Waals surface area contributed by atoms with Gasteiger partial charge in [-0.3, -0.25) is 0 Å². The third-order valence-electron chi connectivity index (χ3n) is 4.61. The molecule has 1 saturated carbocycles. The third-order valence-corrected chi connectivity index (χ3v) is 4.61. The molecule has 0 aliphatic heterocycles. The van der Waals surface area contributed by atoms with Crippen LogP contribution in [0.2, 0.25) is 0 Å². The van der Waals surface area contributed by atoms with Crippen LogP contribution in [0.1, 0.15) is 35.6 Å². The zero-order chi connectivity index (χ0) is 16.4. The number of benzene rings is 2. The van der Waals surface area contributed by atoms with Gasteiger partial charge in [0, 0.05) is 11.5 Å². The van der Waals surface area contributed by atoms with Gasteiger partial charge in [0.05, 0.1) is 5.39 Å². The van der Waals surface area contributed by atoms with Crippen LogP contribution >= 0.6 is 0 Å². The molecule has 2 heteroatoms. The Morgan fingerprint density at radius 1 is 0.875 bits per heavy atom. The largest absolute Gasteiger partial charge is 0.427 e. The number of rotatable bonds is 5. The second kappa shape index (κ2) is 6.48. The van der Waals surface area contributed by atoms with Crippen molar-refractivity contribution in [2.24, 2.45) is 0 Å². The molecular weight excluding hydrogens is 296 g/mol. The van der Waals surface area contributed by atoms with Gasteiger partial charge >= 0.3 is 5.63 Å². The van der Waals surface area contributed by atoms with Crippen molar-refractivity contribution in [3.63, 3.8) is 0 Å². The average molecular weight is 316 g/mol. The van der Waals surface area contributed by atoms with E-state index in [1.165, 1.54) is 11.1 Å². The highest BCUT2D eigenvalue weighted by Crippen LogP contribution is 2.42. The molecule has 2 nitrogen and oxygen atoms in total. The van der Waals surface area contributed by atoms with E-state index in [1.54, 1.807) is 0 Å². The van der Waals surface area contributed by atoms with E-state index >= 15 is 0 Å². The standard InChI is InChI=1S/C22H20O2/c23-22-20-13-7-6-11-18(20)19(21(24-22)17-14-15-17)12-5-4-10-16-8-2-1-3-9-16/h1-9,11,13,17H,10,12,14-15H2/b5-4+. The second-order valence-corrected chi connectivity index (χ2v) is 6.42. The second-order valence-electron chi connectivity index (χ2n) is 6.42. The molecule has 2 aromatic carbocycles. The molecule has 0 atom stereocenters. The van der Waals surface area contributed by atoms with Gasteiger partial charge in [-0.25, -0.2) is 4.79 Å². The lowest BCUT2D eigenvalue weighted by atomic mass is 10.00. The maximum Gasteiger partial charge on any atom is 0.343 e. The number of hydrogen-bond donors (Lipinski definition) is 0. The smallest absolute Gasteiger partial charge is 0.343 e. The van der Waals surface area contributed by atoms with E-state index in [-0.39, 0.29) is 5.63 Å². The molecule has 4 rings (SSSR count). The Hall–Kier alpha value is -2.61. The lowest BCUT2D eigenvalue weighted by Gasteiger charge is -2.09. The number of hydrogen-bond acceptors (Lipinski definition) is 2. The Balaban J connectivity index is 1.64. The molecule has 0 unspecified atom stereocenters. The van der Waals surface area contributed by atoms with Gasteiger partial charge in [0.1, 0.15) is 5.76 Å². The third kappa shape index (κ3) is 3.05. The van der Waals surface area contributed by atoms with Gasteiger partial charge in [0.2, 0.25) is 0 Å². The highest BCUT2D eigenvalue weighted by Gasteiger charge is 2.30. The lowest BCUT2D eigenvalue weighted by molar-refractivity contribution is 0.463. The Bertz CT molecular complexity index is 931. The van der Waals surface area contributed by atoms with Crippen molar-refractivity contribution in [1.82, 2.24) is 0 Å². The van der Waals surface area contributed by atoms with E-state index in [9.17, 15) is 4.79 Å². The van der Waals surface area contributed by atoms with Crippen molar-refractivity contribution in [1.29, 1.82) is 0 Å². The summed E-state index contributed by atoms with van der Waals surface area (Å²) in [5.41, 5.74) is 2.28. The maximum atomic E-state index is 12.2. The fourth-order valence-electron chi connectivity index (χ4n) is 3.19. The van der Waals surface area contributed by atoms with Crippen LogP contribution in [-0.2, 0) is 12.8 Å². The van der Waals surface area contributed by atoms with Crippen LogP contribution in [0.4, 0.5) is 0 Å². The molecule has 0 N–H and O–H groups in total. The molecule has 3 aromatic rings. The monoisotopic (exact) mass is 316 g/mol. The molecule has 1 aromatic heterocycles. The van der Waals surface area contributed by atoms with Crippen molar-refractivity contribution < 1.29 is 4.42 Å². The summed E-state index contributed by atoms with van der Waals surface area (Å²) in [6, 6.07) is 18.2. The fourth-order valence-corrected chi connectivity index (χ4v) is 3.19. The normalized spacial score (nSPS) is 14.5. The van der Waals surface area contributed by atoms with Gasteiger partial charge in [-0.05, 0) is 42.7 Å². The Morgan fingerprint density at radius 3 is 2.29 bits per heavy atom. The van der Waals surface area contributed by atoms with E-state index < -0.39 is 0 Å². The summed E-state index contributed by atoms with van der Waals surface area (Å²) in [7, 11) is 0. The maximum absolute atomic E-state index is 12.2. The van der Waals surface area contributed by atoms with Gasteiger partial charge in [-0.2, -0.15) is 0 Å². The Kier molecular flexibility index (Phi) is 4.04. The fraction of sp³-hybridized carbons (Fsp3) is 0.227. The van der Waals surface area contributed by atoms with E-state index in [1.807, 2.05) is 30.3 Å². The van der Waals surface area contributed by atoms with Crippen LogP contribution in [0.15, 0.2) is 76.0 Å². The highest BCUT2D eigenvalue weighted by atomic mass is 16.4. The molecule has 1 fully saturated rings. The first-order valence-electron chi connectivity index (χ1n) is 8.56. The minimum absolute atomic E-state index is 0.204. The summed E-state index contributed by atoms with van der Waals surface area (Å²) in [4.78, 5) is 12.2. The summed E-state index contributed by atoms with van der Waals surface area (Å²) in [6.45, 7) is 0. The molecule has 0 amide bonds. The van der Waals surface area contributed by atoms with Gasteiger partial charge in [-0.1, -0.05) is 60.7 Å². The molecule has 0 radical (unpaired) electrons. The average Bonchev–Trinajstić information content (AvgIpc) is 3.46. The molecule has 0 saturated heterocycles. The van der Waals surface area contributed by atoms with Gasteiger partial charge < -0.3 is 4.42 Å². The summed E-state index contributed by atoms with van der Waals surface area (Å²) in [5.74, 6) is 1.34. The molecule has 1 heterocycles. The van der Waals surface area contributed by atoms with Crippen LogP contribution < -0.4 is 5.63 Å². The van der Waals surface area contributed by atoms with Crippen molar-refractivity contribution in [2.75, 3.05) is 0 Å². The first-order chi connectivity index (χ1) is 11.8. The highest BCUT2D eigenvalue weighted by molar-refractivity contribution is 5.85. The molecular formula is C22H20O2. The predicted octanol–water partition coefficient (Wildman–Crippen LogP) is 5.01. The summed E-state index contributed by atoms with van der Waals surface area (Å²) < 4.78 is 5.67. The summed E-state index contributed by atoms with van der Waals surface area (Å²) >= 11 is 0. The SMILES string of the molecule is O=c1oc(C2CC2)c(C/C=C/Cc2ccccc2)c2ccccc12. The lowest BCUT2D eigenvalue weighted by Crippen LogP contribution is -2.06.